The van der Waals surface area contributed by atoms with Crippen LogP contribution in [0.25, 0.3) is 0 Å². The van der Waals surface area contributed by atoms with Crippen LogP contribution in [0.3, 0.4) is 0 Å². The van der Waals surface area contributed by atoms with Gasteiger partial charge in [0.25, 0.3) is 0 Å². The third-order valence-electron chi connectivity index (χ3n) is 0.439. The third-order valence-corrected chi connectivity index (χ3v) is 2.04. The first-order valence-electron chi connectivity index (χ1n) is 1.78. The number of rotatable bonds is 0. The molecule has 1 aromatic heterocycles. The predicted molar refractivity (Wildman–Crippen MR) is 49.9 cm³/mol. The van der Waals surface area contributed by atoms with E-state index >= 15 is 0 Å². The molecular formula is C4H2I2SZn. The molecule has 0 spiro atoms. The van der Waals surface area contributed by atoms with Crippen LogP contribution in [0.5, 0.6) is 0 Å². The van der Waals surface area contributed by atoms with E-state index in [1.807, 2.05) is 12.1 Å². The molecule has 0 fully saturated rings. The van der Waals surface area contributed by atoms with Crippen LogP contribution in [0.4, 0.5) is 0 Å². The summed E-state index contributed by atoms with van der Waals surface area (Å²) < 4.78 is 1.30. The summed E-state index contributed by atoms with van der Waals surface area (Å²) in [5.41, 5.74) is 0. The van der Waals surface area contributed by atoms with Crippen LogP contribution in [-0.4, -0.2) is 0 Å². The molecule has 0 saturated carbocycles. The van der Waals surface area contributed by atoms with Crippen LogP contribution in [0.1, 0.15) is 0 Å². The van der Waals surface area contributed by atoms with Crippen LogP contribution in [-0.2, 0) is 14.8 Å². The summed E-state index contributed by atoms with van der Waals surface area (Å²) in [4.78, 5) is 0. The van der Waals surface area contributed by atoms with Gasteiger partial charge in [-0.1, -0.05) is 2.88 Å². The Morgan fingerprint density at radius 1 is 1.62 bits per heavy atom. The molecule has 0 aliphatic rings. The van der Waals surface area contributed by atoms with Crippen LogP contribution in [0, 0.1) is 8.26 Å². The van der Waals surface area contributed by atoms with Crippen molar-refractivity contribution < 1.29 is 14.8 Å². The Morgan fingerprint density at radius 2 is 2.25 bits per heavy atom. The molecular weight excluding hydrogens is 399 g/mol. The van der Waals surface area contributed by atoms with Gasteiger partial charge in [-0.15, -0.1) is 28.0 Å². The van der Waals surface area contributed by atoms with Gasteiger partial charge in [0.1, 0.15) is 0 Å². The maximum atomic E-state index is 2.96. The van der Waals surface area contributed by atoms with E-state index in [0.717, 1.165) is 0 Å². The summed E-state index contributed by atoms with van der Waals surface area (Å²) in [6.45, 7) is 0. The van der Waals surface area contributed by atoms with Crippen molar-refractivity contribution >= 4 is 53.7 Å². The molecule has 0 amide bonds. The van der Waals surface area contributed by atoms with Crippen molar-refractivity contribution in [3.8, 4) is 0 Å². The molecule has 40 valence electrons. The van der Waals surface area contributed by atoms with E-state index in [1.54, 1.807) is 11.3 Å². The van der Waals surface area contributed by atoms with Gasteiger partial charge in [0.15, 0.2) is 0 Å². The minimum absolute atomic E-state index is 1.30. The minimum atomic E-state index is 1.30. The number of hydrogen-bond acceptors (Lipinski definition) is 1. The van der Waals surface area contributed by atoms with Crippen LogP contribution >= 0.6 is 53.7 Å². The Bertz CT molecular complexity index is 118. The number of hydrogen-bond donors (Lipinski definition) is 0. The quantitative estimate of drug-likeness (QED) is 0.356. The van der Waals surface area contributed by atoms with Crippen LogP contribution in [0.2, 0.25) is 0 Å². The van der Waals surface area contributed by atoms with Gasteiger partial charge in [0.2, 0.25) is 0 Å². The molecule has 1 rings (SSSR count). The number of thiophene rings is 1. The van der Waals surface area contributed by atoms with Crippen molar-refractivity contribution in [2.75, 3.05) is 0 Å². The molecule has 1 heterocycles. The van der Waals surface area contributed by atoms with E-state index in [0.29, 0.717) is 0 Å². The Labute approximate surface area is 87.4 Å². The second-order valence-electron chi connectivity index (χ2n) is 0.857. The zero-order valence-electron chi connectivity index (χ0n) is 4.03. The monoisotopic (exact) mass is 400 g/mol. The summed E-state index contributed by atoms with van der Waals surface area (Å²) in [7, 11) is 0. The second kappa shape index (κ2) is 6.90. The number of halogens is 2. The summed E-state index contributed by atoms with van der Waals surface area (Å²) in [5.74, 6) is 0. The van der Waals surface area contributed by atoms with E-state index in [-0.39, 0.29) is 0 Å². The molecule has 0 unspecified atom stereocenters. The first-order valence-corrected chi connectivity index (χ1v) is 12.7. The Morgan fingerprint density at radius 3 is 2.38 bits per heavy atom. The molecule has 0 nitrogen and oxygen atoms in total. The standard InChI is InChI=1S/C4H2IS.HI.Zn/c5-4-2-1-3-6-4;;/h1-2H;1H;/q-1;;+2/p-1. The van der Waals surface area contributed by atoms with Gasteiger partial charge >= 0.3 is 34.5 Å². The van der Waals surface area contributed by atoms with Gasteiger partial charge in [0.05, 0.1) is 0 Å². The molecule has 0 aliphatic carbocycles. The summed E-state index contributed by atoms with van der Waals surface area (Å²) in [5, 5.41) is 2.96. The van der Waals surface area contributed by atoms with Gasteiger partial charge in [-0.05, 0) is 0 Å². The van der Waals surface area contributed by atoms with Crippen molar-refractivity contribution in [3.63, 3.8) is 0 Å². The molecule has 0 atom stereocenters. The molecule has 0 radical (unpaired) electrons. The fraction of sp³-hybridized carbons (Fsp3) is 0. The fourth-order valence-corrected chi connectivity index (χ4v) is 1.17. The summed E-state index contributed by atoms with van der Waals surface area (Å²) >= 11 is 7.52. The van der Waals surface area contributed by atoms with Gasteiger partial charge < -0.3 is 0 Å². The van der Waals surface area contributed by atoms with Crippen molar-refractivity contribution in [1.29, 1.82) is 0 Å². The summed E-state index contributed by atoms with van der Waals surface area (Å²) in [6.07, 6.45) is 0. The molecule has 0 saturated heterocycles. The van der Waals surface area contributed by atoms with Crippen molar-refractivity contribution in [2.45, 2.75) is 0 Å². The van der Waals surface area contributed by atoms with E-state index < -0.39 is 0 Å². The SMILES string of the molecule is Ic1cc[c-]s1.[Zn+][I]. The normalized spacial score (nSPS) is 7.50. The molecule has 0 aromatic carbocycles. The summed E-state index contributed by atoms with van der Waals surface area (Å²) in [6, 6.07) is 3.96. The van der Waals surface area contributed by atoms with E-state index in [4.69, 9.17) is 0 Å². The molecule has 8 heavy (non-hydrogen) atoms. The first kappa shape index (κ1) is 9.78. The Hall–Kier alpha value is 1.78. The van der Waals surface area contributed by atoms with Gasteiger partial charge in [-0.2, -0.15) is 12.1 Å². The van der Waals surface area contributed by atoms with Gasteiger partial charge in [0, 0.05) is 0 Å². The zero-order valence-corrected chi connectivity index (χ0v) is 12.1. The first-order chi connectivity index (χ1) is 3.89. The van der Waals surface area contributed by atoms with Crippen LogP contribution < -0.4 is 0 Å². The third kappa shape index (κ3) is 4.64. The average Bonchev–Trinajstić information content (AvgIpc) is 2.24. The fourth-order valence-electron chi connectivity index (χ4n) is 0.224. The molecule has 0 aliphatic heterocycles. The van der Waals surface area contributed by atoms with Crippen molar-refractivity contribution in [1.82, 2.24) is 0 Å². The Balaban J connectivity index is 0.000000222. The Kier molecular flexibility index (Phi) is 8.43. The predicted octanol–water partition coefficient (Wildman–Crippen LogP) is 3.04. The van der Waals surface area contributed by atoms with Crippen molar-refractivity contribution in [3.05, 3.63) is 20.4 Å². The molecule has 0 N–H and O–H groups in total. The van der Waals surface area contributed by atoms with Crippen LogP contribution in [0.15, 0.2) is 12.1 Å². The average molecular weight is 401 g/mol. The maximum absolute atomic E-state index is 2.96. The van der Waals surface area contributed by atoms with E-state index in [2.05, 4.69) is 47.7 Å². The van der Waals surface area contributed by atoms with Gasteiger partial charge in [-0.25, -0.2) is 0 Å². The van der Waals surface area contributed by atoms with Crippen molar-refractivity contribution in [2.24, 2.45) is 0 Å². The molecule has 1 aromatic rings. The zero-order chi connectivity index (χ0) is 6.41. The topological polar surface area (TPSA) is 0 Å². The van der Waals surface area contributed by atoms with Gasteiger partial charge in [-0.3, -0.25) is 11.3 Å². The molecule has 4 heteroatoms. The van der Waals surface area contributed by atoms with E-state index in [1.165, 1.54) is 17.7 Å². The second-order valence-corrected chi connectivity index (χ2v) is 3.63. The molecule has 0 bridgehead atoms. The van der Waals surface area contributed by atoms with E-state index in [9.17, 15) is 0 Å².